The Kier molecular flexibility index (Phi) is 6.63. The summed E-state index contributed by atoms with van der Waals surface area (Å²) in [6.07, 6.45) is 5.33. The van der Waals surface area contributed by atoms with E-state index in [-0.39, 0.29) is 11.4 Å². The molecule has 0 aliphatic carbocycles. The number of rotatable bonds is 5. The zero-order valence-electron chi connectivity index (χ0n) is 18.7. The third kappa shape index (κ3) is 5.30. The maximum atomic E-state index is 12.8. The fourth-order valence-electron chi connectivity index (χ4n) is 4.92. The van der Waals surface area contributed by atoms with Crippen molar-refractivity contribution in [2.24, 2.45) is 5.41 Å². The quantitative estimate of drug-likeness (QED) is 0.449. The first-order valence-electron chi connectivity index (χ1n) is 11.4. The third-order valence-corrected chi connectivity index (χ3v) is 7.01. The number of carbonyl (C=O) groups excluding carboxylic acids is 1. The number of carbonyl (C=O) groups is 1. The third-order valence-electron chi connectivity index (χ3n) is 6.43. The lowest BCUT2D eigenvalue weighted by atomic mass is 9.73. The molecule has 0 atom stereocenters. The summed E-state index contributed by atoms with van der Waals surface area (Å²) in [5, 5.41) is 4.08. The van der Waals surface area contributed by atoms with Gasteiger partial charge in [0.25, 0.3) is 0 Å². The molecule has 0 bridgehead atoms. The first-order valence-corrected chi connectivity index (χ1v) is 12.1. The molecule has 1 aromatic heterocycles. The Bertz CT molecular complexity index is 1170. The number of nitrogens with one attached hydrogen (secondary N) is 1. The Morgan fingerprint density at radius 3 is 2.68 bits per heavy atom. The smallest absolute Gasteiger partial charge is 0.321 e. The molecule has 0 unspecified atom stereocenters. The van der Waals surface area contributed by atoms with E-state index in [1.165, 1.54) is 5.56 Å². The van der Waals surface area contributed by atoms with Gasteiger partial charge < -0.3 is 15.0 Å². The van der Waals surface area contributed by atoms with E-state index in [0.717, 1.165) is 57.1 Å². The van der Waals surface area contributed by atoms with Crippen LogP contribution in [0, 0.1) is 5.41 Å². The minimum absolute atomic E-state index is 0.112. The zero-order valence-corrected chi connectivity index (χ0v) is 20.2. The number of nitrogens with zero attached hydrogens (tertiary/aromatic N) is 3. The predicted octanol–water partition coefficient (Wildman–Crippen LogP) is 6.31. The molecule has 2 amide bonds. The van der Waals surface area contributed by atoms with Crippen molar-refractivity contribution in [2.45, 2.75) is 19.4 Å². The summed E-state index contributed by atoms with van der Waals surface area (Å²) in [6.45, 7) is 4.33. The zero-order chi connectivity index (χ0) is 23.5. The maximum absolute atomic E-state index is 12.8. The number of benzene rings is 2. The van der Waals surface area contributed by atoms with E-state index in [4.69, 9.17) is 27.9 Å². The molecule has 2 aromatic carbocycles. The van der Waals surface area contributed by atoms with E-state index in [2.05, 4.69) is 27.3 Å². The first kappa shape index (κ1) is 23.0. The summed E-state index contributed by atoms with van der Waals surface area (Å²) in [5.74, 6) is 1.57. The van der Waals surface area contributed by atoms with E-state index in [9.17, 15) is 4.79 Å². The number of pyridine rings is 1. The molecule has 0 radical (unpaired) electrons. The summed E-state index contributed by atoms with van der Waals surface area (Å²) in [7, 11) is 0. The van der Waals surface area contributed by atoms with Crippen LogP contribution in [0.3, 0.4) is 0 Å². The monoisotopic (exact) mass is 496 g/mol. The summed E-state index contributed by atoms with van der Waals surface area (Å²) in [4.78, 5) is 21.2. The molecule has 34 heavy (non-hydrogen) atoms. The van der Waals surface area contributed by atoms with Crippen LogP contribution in [0.4, 0.5) is 10.5 Å². The number of ether oxygens (including phenoxy) is 1. The average molecular weight is 497 g/mol. The lowest BCUT2D eigenvalue weighted by molar-refractivity contribution is -0.0475. The van der Waals surface area contributed by atoms with Gasteiger partial charge in [0.1, 0.15) is 11.5 Å². The van der Waals surface area contributed by atoms with E-state index < -0.39 is 0 Å². The highest BCUT2D eigenvalue weighted by Crippen LogP contribution is 2.40. The van der Waals surface area contributed by atoms with Crippen molar-refractivity contribution in [2.75, 3.05) is 31.5 Å². The van der Waals surface area contributed by atoms with Gasteiger partial charge in [-0.1, -0.05) is 35.3 Å². The van der Waals surface area contributed by atoms with Crippen LogP contribution in [-0.2, 0) is 6.54 Å². The predicted molar refractivity (Wildman–Crippen MR) is 135 cm³/mol. The number of likely N-dealkylation sites (tertiary alicyclic amines) is 2. The van der Waals surface area contributed by atoms with Crippen LogP contribution in [0.2, 0.25) is 10.0 Å². The maximum Gasteiger partial charge on any atom is 0.321 e. The number of amides is 2. The van der Waals surface area contributed by atoms with Crippen molar-refractivity contribution in [3.05, 3.63) is 82.6 Å². The fourth-order valence-corrected chi connectivity index (χ4v) is 5.20. The minimum atomic E-state index is -0.112. The van der Waals surface area contributed by atoms with E-state index >= 15 is 0 Å². The van der Waals surface area contributed by atoms with E-state index in [1.807, 2.05) is 41.3 Å². The Morgan fingerprint density at radius 2 is 1.88 bits per heavy atom. The van der Waals surface area contributed by atoms with Crippen molar-refractivity contribution in [3.63, 3.8) is 0 Å². The molecule has 5 rings (SSSR count). The molecular formula is C26H26Cl2N4O2. The number of urea groups is 1. The van der Waals surface area contributed by atoms with Crippen LogP contribution in [-0.4, -0.2) is 47.0 Å². The highest BCUT2D eigenvalue weighted by molar-refractivity contribution is 6.33. The second-order valence-corrected chi connectivity index (χ2v) is 10.0. The fraction of sp³-hybridized carbons (Fsp3) is 0.308. The van der Waals surface area contributed by atoms with Crippen LogP contribution in [0.5, 0.6) is 11.5 Å². The molecule has 8 heteroatoms. The van der Waals surface area contributed by atoms with Crippen LogP contribution < -0.4 is 10.1 Å². The van der Waals surface area contributed by atoms with Crippen molar-refractivity contribution in [3.8, 4) is 11.5 Å². The van der Waals surface area contributed by atoms with Gasteiger partial charge in [-0.25, -0.2) is 4.79 Å². The average Bonchev–Trinajstić information content (AvgIpc) is 2.81. The second-order valence-electron chi connectivity index (χ2n) is 9.16. The van der Waals surface area contributed by atoms with Gasteiger partial charge in [-0.2, -0.15) is 0 Å². The number of hydrogen-bond donors (Lipinski definition) is 1. The number of piperidine rings is 1. The van der Waals surface area contributed by atoms with Gasteiger partial charge in [0.2, 0.25) is 0 Å². The number of anilines is 1. The minimum Gasteiger partial charge on any atom is -0.457 e. The summed E-state index contributed by atoms with van der Waals surface area (Å²) >= 11 is 12.1. The molecule has 1 spiro atoms. The van der Waals surface area contributed by atoms with Gasteiger partial charge in [0.05, 0.1) is 16.9 Å². The molecule has 6 nitrogen and oxygen atoms in total. The Balaban J connectivity index is 1.15. The molecule has 0 saturated carbocycles. The van der Waals surface area contributed by atoms with Crippen LogP contribution >= 0.6 is 23.2 Å². The lowest BCUT2D eigenvalue weighted by Crippen LogP contribution is -2.63. The van der Waals surface area contributed by atoms with Crippen LogP contribution in [0.15, 0.2) is 67.0 Å². The Hall–Kier alpha value is -2.80. The van der Waals surface area contributed by atoms with E-state index in [1.54, 1.807) is 18.5 Å². The van der Waals surface area contributed by atoms with Crippen LogP contribution in [0.1, 0.15) is 18.4 Å². The highest BCUT2D eigenvalue weighted by atomic mass is 35.5. The molecule has 3 heterocycles. The van der Waals surface area contributed by atoms with Crippen molar-refractivity contribution >= 4 is 34.9 Å². The molecule has 176 valence electrons. The summed E-state index contributed by atoms with van der Waals surface area (Å²) in [6, 6.07) is 17.1. The van der Waals surface area contributed by atoms with Crippen LogP contribution in [0.25, 0.3) is 0 Å². The number of halogens is 2. The van der Waals surface area contributed by atoms with Crippen molar-refractivity contribution < 1.29 is 9.53 Å². The second kappa shape index (κ2) is 9.82. The highest BCUT2D eigenvalue weighted by Gasteiger charge is 2.46. The van der Waals surface area contributed by atoms with Gasteiger partial charge in [-0.3, -0.25) is 9.88 Å². The Labute approximate surface area is 209 Å². The lowest BCUT2D eigenvalue weighted by Gasteiger charge is -2.54. The molecular weight excluding hydrogens is 471 g/mol. The van der Waals surface area contributed by atoms with Gasteiger partial charge in [0, 0.05) is 49.4 Å². The largest absolute Gasteiger partial charge is 0.457 e. The first-order chi connectivity index (χ1) is 16.5. The molecule has 2 aliphatic heterocycles. The number of aromatic nitrogens is 1. The molecule has 2 aliphatic rings. The Morgan fingerprint density at radius 1 is 1.06 bits per heavy atom. The van der Waals surface area contributed by atoms with Gasteiger partial charge in [0.15, 0.2) is 0 Å². The van der Waals surface area contributed by atoms with Crippen molar-refractivity contribution in [1.29, 1.82) is 0 Å². The number of hydrogen-bond acceptors (Lipinski definition) is 4. The normalized spacial score (nSPS) is 17.3. The summed E-state index contributed by atoms with van der Waals surface area (Å²) in [5.41, 5.74) is 1.91. The molecule has 2 fully saturated rings. The topological polar surface area (TPSA) is 57.7 Å². The van der Waals surface area contributed by atoms with Gasteiger partial charge >= 0.3 is 6.03 Å². The SMILES string of the molecule is O=C(Nc1cnccc1Cl)N1CCCC2(CN(Cc3cccc(Oc4ccc(Cl)cc4)c3)C2)C1. The molecule has 3 aromatic rings. The summed E-state index contributed by atoms with van der Waals surface area (Å²) < 4.78 is 5.97. The van der Waals surface area contributed by atoms with Gasteiger partial charge in [-0.05, 0) is 60.9 Å². The van der Waals surface area contributed by atoms with Gasteiger partial charge in [-0.15, -0.1) is 0 Å². The molecule has 2 saturated heterocycles. The van der Waals surface area contributed by atoms with Crippen molar-refractivity contribution in [1.82, 2.24) is 14.8 Å². The molecule has 1 N–H and O–H groups in total. The standard InChI is InChI=1S/C26H26Cl2N4O2/c27-20-5-7-21(8-6-20)34-22-4-1-3-19(13-22)15-31-16-26(17-31)10-2-12-32(18-26)25(33)30-24-14-29-11-9-23(24)28/h1,3-9,11,13-14H,2,10,12,15-18H2,(H,30,33). The van der Waals surface area contributed by atoms with E-state index in [0.29, 0.717) is 15.7 Å².